The molecule has 23 heavy (non-hydrogen) atoms. The summed E-state index contributed by atoms with van der Waals surface area (Å²) < 4.78 is 0. The lowest BCUT2D eigenvalue weighted by molar-refractivity contribution is 1.37. The van der Waals surface area contributed by atoms with Gasteiger partial charge in [0.1, 0.15) is 17.5 Å². The van der Waals surface area contributed by atoms with E-state index in [0.29, 0.717) is 17.5 Å². The minimum Gasteiger partial charge on any atom is -0.384 e. The zero-order valence-corrected chi connectivity index (χ0v) is 12.3. The lowest BCUT2D eigenvalue weighted by Crippen LogP contribution is -2.09. The lowest BCUT2D eigenvalue weighted by atomic mass is 10.1. The number of hydrogen-bond donors (Lipinski definition) is 4. The summed E-state index contributed by atoms with van der Waals surface area (Å²) in [6.45, 7) is 0. The van der Waals surface area contributed by atoms with Crippen molar-refractivity contribution in [3.63, 3.8) is 0 Å². The predicted molar refractivity (Wildman–Crippen MR) is 94.6 cm³/mol. The van der Waals surface area contributed by atoms with E-state index >= 15 is 0 Å². The molecule has 1 aliphatic heterocycles. The lowest BCUT2D eigenvalue weighted by Gasteiger charge is -2.01. The highest BCUT2D eigenvalue weighted by molar-refractivity contribution is 6.20. The molecule has 2 aromatic carbocycles. The van der Waals surface area contributed by atoms with Crippen molar-refractivity contribution >= 4 is 34.1 Å². The Morgan fingerprint density at radius 1 is 0.826 bits per heavy atom. The van der Waals surface area contributed by atoms with E-state index < -0.39 is 0 Å². The predicted octanol–water partition coefficient (Wildman–Crippen LogP) is 2.13. The quantitative estimate of drug-likeness (QED) is 0.507. The second kappa shape index (κ2) is 5.76. The molecular weight excluding hydrogens is 288 g/mol. The van der Waals surface area contributed by atoms with Crippen molar-refractivity contribution in [1.82, 2.24) is 4.98 Å². The zero-order valence-electron chi connectivity index (χ0n) is 12.3. The number of aromatic nitrogens is 1. The van der Waals surface area contributed by atoms with Crippen LogP contribution in [0.3, 0.4) is 0 Å². The van der Waals surface area contributed by atoms with Crippen LogP contribution >= 0.6 is 0 Å². The molecular formula is C17H16N6. The van der Waals surface area contributed by atoms with Gasteiger partial charge in [-0.15, -0.1) is 0 Å². The first-order valence-corrected chi connectivity index (χ1v) is 6.99. The molecule has 3 aromatic rings. The van der Waals surface area contributed by atoms with E-state index in [0.717, 1.165) is 21.9 Å². The Bertz CT molecular complexity index is 929. The third-order valence-electron chi connectivity index (χ3n) is 3.48. The van der Waals surface area contributed by atoms with Crippen LogP contribution in [-0.2, 0) is 0 Å². The summed E-state index contributed by atoms with van der Waals surface area (Å²) in [5.41, 5.74) is 18.4. The summed E-state index contributed by atoms with van der Waals surface area (Å²) >= 11 is 0. The van der Waals surface area contributed by atoms with Crippen LogP contribution in [0, 0.1) is 5.41 Å². The highest BCUT2D eigenvalue weighted by atomic mass is 14.9. The van der Waals surface area contributed by atoms with Gasteiger partial charge in [-0.05, 0) is 11.5 Å². The molecule has 0 spiro atoms. The number of benzene rings is 2. The molecule has 2 heterocycles. The van der Waals surface area contributed by atoms with Gasteiger partial charge in [0.15, 0.2) is 5.84 Å². The van der Waals surface area contributed by atoms with Crippen LogP contribution in [0.25, 0.3) is 10.8 Å². The Morgan fingerprint density at radius 3 is 2.22 bits per heavy atom. The molecule has 0 bridgehead atoms. The number of pyridine rings is 1. The fraction of sp³-hybridized carbons (Fsp3) is 0. The summed E-state index contributed by atoms with van der Waals surface area (Å²) in [6.07, 6.45) is 0. The van der Waals surface area contributed by atoms with Crippen molar-refractivity contribution in [2.45, 2.75) is 0 Å². The standard InChI is InChI=1S/C9H9N3.C8H7N3/c10-8-5-6-3-1-2-4-7(6)9(11)12-8;9-7-5-3-1-2-4-6(5)8(10)11-7/h1-5H,(H4,10,11,12);1-4H,(H3,9,10,11). The van der Waals surface area contributed by atoms with Crippen molar-refractivity contribution in [1.29, 1.82) is 5.41 Å². The molecule has 1 aliphatic rings. The van der Waals surface area contributed by atoms with Crippen LogP contribution in [-0.4, -0.2) is 16.7 Å². The number of aliphatic imine (C=N–C) groups is 1. The van der Waals surface area contributed by atoms with Crippen LogP contribution < -0.4 is 17.2 Å². The number of nitrogens with zero attached hydrogens (tertiary/aromatic N) is 2. The molecule has 1 aromatic heterocycles. The van der Waals surface area contributed by atoms with Gasteiger partial charge in [0.05, 0.1) is 0 Å². The van der Waals surface area contributed by atoms with Gasteiger partial charge >= 0.3 is 0 Å². The molecule has 0 radical (unpaired) electrons. The smallest absolute Gasteiger partial charge is 0.154 e. The summed E-state index contributed by atoms with van der Waals surface area (Å²) in [7, 11) is 0. The maximum atomic E-state index is 7.39. The summed E-state index contributed by atoms with van der Waals surface area (Å²) in [4.78, 5) is 7.79. The number of hydrogen-bond acceptors (Lipinski definition) is 5. The first kappa shape index (κ1) is 14.5. The van der Waals surface area contributed by atoms with Crippen molar-refractivity contribution < 1.29 is 0 Å². The summed E-state index contributed by atoms with van der Waals surface area (Å²) in [5, 5.41) is 9.37. The number of nitrogen functional groups attached to an aromatic ring is 2. The van der Waals surface area contributed by atoms with E-state index in [4.69, 9.17) is 22.6 Å². The fourth-order valence-electron chi connectivity index (χ4n) is 2.40. The maximum absolute atomic E-state index is 7.39. The van der Waals surface area contributed by atoms with E-state index in [9.17, 15) is 0 Å². The summed E-state index contributed by atoms with van der Waals surface area (Å²) in [5.74, 6) is 1.67. The van der Waals surface area contributed by atoms with Gasteiger partial charge in [-0.2, -0.15) is 0 Å². The molecule has 6 heteroatoms. The Labute approximate surface area is 133 Å². The van der Waals surface area contributed by atoms with Gasteiger partial charge in [-0.3, -0.25) is 5.41 Å². The normalized spacial score (nSPS) is 12.3. The van der Waals surface area contributed by atoms with Gasteiger partial charge in [0.25, 0.3) is 0 Å². The average molecular weight is 304 g/mol. The Kier molecular flexibility index (Phi) is 3.64. The number of amidine groups is 2. The largest absolute Gasteiger partial charge is 0.384 e. The molecule has 0 fully saturated rings. The molecule has 4 rings (SSSR count). The van der Waals surface area contributed by atoms with Gasteiger partial charge in [-0.25, -0.2) is 9.98 Å². The molecule has 0 saturated heterocycles. The topological polar surface area (TPSA) is 127 Å². The number of anilines is 2. The molecule has 0 aliphatic carbocycles. The second-order valence-corrected chi connectivity index (χ2v) is 5.04. The van der Waals surface area contributed by atoms with Gasteiger partial charge in [0, 0.05) is 16.5 Å². The molecule has 114 valence electrons. The van der Waals surface area contributed by atoms with E-state index in [1.165, 1.54) is 0 Å². The Hall–Kier alpha value is -3.41. The average Bonchev–Trinajstić information content (AvgIpc) is 2.83. The minimum atomic E-state index is 0.262. The minimum absolute atomic E-state index is 0.262. The number of rotatable bonds is 0. The van der Waals surface area contributed by atoms with Crippen LogP contribution in [0.2, 0.25) is 0 Å². The second-order valence-electron chi connectivity index (χ2n) is 5.04. The summed E-state index contributed by atoms with van der Waals surface area (Å²) in [6, 6.07) is 17.1. The van der Waals surface area contributed by atoms with E-state index in [1.54, 1.807) is 0 Å². The fourth-order valence-corrected chi connectivity index (χ4v) is 2.40. The van der Waals surface area contributed by atoms with E-state index in [2.05, 4.69) is 9.98 Å². The Morgan fingerprint density at radius 2 is 1.48 bits per heavy atom. The van der Waals surface area contributed by atoms with E-state index in [-0.39, 0.29) is 5.84 Å². The highest BCUT2D eigenvalue weighted by Gasteiger charge is 2.16. The van der Waals surface area contributed by atoms with Crippen molar-refractivity contribution in [2.24, 2.45) is 10.7 Å². The first-order chi connectivity index (χ1) is 11.1. The van der Waals surface area contributed by atoms with Crippen LogP contribution in [0.15, 0.2) is 59.6 Å². The van der Waals surface area contributed by atoms with Crippen molar-refractivity contribution in [2.75, 3.05) is 11.5 Å². The molecule has 0 atom stereocenters. The Balaban J connectivity index is 0.000000136. The molecule has 7 N–H and O–H groups in total. The molecule has 0 amide bonds. The zero-order chi connectivity index (χ0) is 16.4. The van der Waals surface area contributed by atoms with Crippen LogP contribution in [0.5, 0.6) is 0 Å². The van der Waals surface area contributed by atoms with Crippen LogP contribution in [0.1, 0.15) is 11.1 Å². The van der Waals surface area contributed by atoms with Gasteiger partial charge in [-0.1, -0.05) is 48.5 Å². The molecule has 0 unspecified atom stereocenters. The van der Waals surface area contributed by atoms with Crippen LogP contribution in [0.4, 0.5) is 11.6 Å². The first-order valence-electron chi connectivity index (χ1n) is 6.99. The number of fused-ring (bicyclic) bond motifs is 2. The monoisotopic (exact) mass is 304 g/mol. The van der Waals surface area contributed by atoms with Crippen molar-refractivity contribution in [3.05, 3.63) is 65.7 Å². The van der Waals surface area contributed by atoms with Gasteiger partial charge in [0.2, 0.25) is 0 Å². The number of nitrogens with two attached hydrogens (primary N) is 3. The van der Waals surface area contributed by atoms with Crippen molar-refractivity contribution in [3.8, 4) is 0 Å². The van der Waals surface area contributed by atoms with Gasteiger partial charge < -0.3 is 17.2 Å². The highest BCUT2D eigenvalue weighted by Crippen LogP contribution is 2.20. The van der Waals surface area contributed by atoms with E-state index in [1.807, 2.05) is 54.6 Å². The third kappa shape index (κ3) is 2.82. The molecule has 0 saturated carbocycles. The third-order valence-corrected chi connectivity index (χ3v) is 3.48. The maximum Gasteiger partial charge on any atom is 0.154 e. The molecule has 6 nitrogen and oxygen atoms in total. The SMILES string of the molecule is N=C1N=C(N)c2ccccc21.Nc1cc2ccccc2c(N)n1. The number of nitrogens with one attached hydrogen (secondary N) is 1.